The van der Waals surface area contributed by atoms with E-state index in [1.165, 1.54) is 82.1 Å². The van der Waals surface area contributed by atoms with E-state index in [0.717, 1.165) is 0 Å². The van der Waals surface area contributed by atoms with Gasteiger partial charge in [0.2, 0.25) is 0 Å². The monoisotopic (exact) mass is 258 g/mol. The van der Waals surface area contributed by atoms with E-state index >= 15 is 0 Å². The summed E-state index contributed by atoms with van der Waals surface area (Å²) in [5.41, 5.74) is 0. The van der Waals surface area contributed by atoms with Gasteiger partial charge in [0.25, 0.3) is 0 Å². The summed E-state index contributed by atoms with van der Waals surface area (Å²) in [5, 5.41) is 0. The second-order valence-electron chi connectivity index (χ2n) is 5.29. The molecule has 1 aliphatic carbocycles. The Bertz CT molecular complexity index is 171. The second kappa shape index (κ2) is 7.20. The molecule has 0 aromatic rings. The van der Waals surface area contributed by atoms with E-state index in [4.69, 9.17) is 0 Å². The van der Waals surface area contributed by atoms with Crippen LogP contribution in [0, 0.1) is 0 Å². The Labute approximate surface area is 110 Å². The van der Waals surface area contributed by atoms with E-state index in [9.17, 15) is 0 Å². The fourth-order valence-electron chi connectivity index (χ4n) is 2.94. The number of hydrogen-bond donors (Lipinski definition) is 0. The van der Waals surface area contributed by atoms with Crippen LogP contribution in [0.25, 0.3) is 0 Å². The molecule has 0 amide bonds. The highest BCUT2D eigenvalue weighted by Gasteiger charge is 2.34. The van der Waals surface area contributed by atoms with Crippen molar-refractivity contribution in [2.24, 2.45) is 0 Å². The van der Waals surface area contributed by atoms with Gasteiger partial charge < -0.3 is 0 Å². The quantitative estimate of drug-likeness (QED) is 0.565. The summed E-state index contributed by atoms with van der Waals surface area (Å²) in [7, 11) is 0. The third kappa shape index (κ3) is 4.18. The number of rotatable bonds is 0. The van der Waals surface area contributed by atoms with Crippen LogP contribution in [-0.4, -0.2) is 15.6 Å². The smallest absolute Gasteiger partial charge is 0.0611 e. The number of hydrogen-bond acceptors (Lipinski definition) is 2. The van der Waals surface area contributed by atoms with Gasteiger partial charge >= 0.3 is 0 Å². The van der Waals surface area contributed by atoms with Crippen LogP contribution in [0.15, 0.2) is 0 Å². The first-order valence-corrected chi connectivity index (χ1v) is 9.16. The Kier molecular flexibility index (Phi) is 5.92. The van der Waals surface area contributed by atoms with Crippen molar-refractivity contribution in [3.63, 3.8) is 0 Å². The van der Waals surface area contributed by atoms with E-state index in [2.05, 4.69) is 23.5 Å². The molecule has 2 heteroatoms. The van der Waals surface area contributed by atoms with Gasteiger partial charge in [0.05, 0.1) is 4.08 Å². The van der Waals surface area contributed by atoms with Crippen LogP contribution in [0.4, 0.5) is 0 Å². The fraction of sp³-hybridized carbons (Fsp3) is 1.00. The average molecular weight is 258 g/mol. The van der Waals surface area contributed by atoms with Crippen LogP contribution < -0.4 is 0 Å². The SMILES string of the molecule is C1CCCCCC2(CCCCC1)SCCS2. The van der Waals surface area contributed by atoms with Crippen LogP contribution in [-0.2, 0) is 0 Å². The van der Waals surface area contributed by atoms with E-state index in [1.54, 1.807) is 0 Å². The van der Waals surface area contributed by atoms with Gasteiger partial charge in [0.15, 0.2) is 0 Å². The predicted octanol–water partition coefficient (Wildman–Crippen LogP) is 5.47. The summed E-state index contributed by atoms with van der Waals surface area (Å²) in [6.07, 6.45) is 16.4. The molecule has 0 nitrogen and oxygen atoms in total. The normalized spacial score (nSPS) is 28.5. The van der Waals surface area contributed by atoms with Crippen LogP contribution in [0.1, 0.15) is 70.6 Å². The molecule has 0 aromatic carbocycles. The average Bonchev–Trinajstić information content (AvgIpc) is 2.73. The standard InChI is InChI=1S/C14H26S2/c1-2-4-6-8-10-14(15-12-13-16-14)11-9-7-5-3-1/h1-13H2. The molecule has 1 saturated heterocycles. The molecule has 0 atom stereocenters. The molecule has 1 spiro atoms. The maximum absolute atomic E-state index is 2.28. The van der Waals surface area contributed by atoms with Crippen molar-refractivity contribution in [3.8, 4) is 0 Å². The first kappa shape index (κ1) is 13.1. The Morgan fingerprint density at radius 3 is 1.31 bits per heavy atom. The molecule has 0 bridgehead atoms. The molecule has 0 aromatic heterocycles. The van der Waals surface area contributed by atoms with Gasteiger partial charge in [-0.1, -0.05) is 57.8 Å². The topological polar surface area (TPSA) is 0 Å². The van der Waals surface area contributed by atoms with E-state index in [0.29, 0.717) is 4.08 Å². The van der Waals surface area contributed by atoms with Crippen molar-refractivity contribution in [2.75, 3.05) is 11.5 Å². The van der Waals surface area contributed by atoms with Gasteiger partial charge in [-0.25, -0.2) is 0 Å². The third-order valence-electron chi connectivity index (χ3n) is 3.93. The van der Waals surface area contributed by atoms with E-state index in [-0.39, 0.29) is 0 Å². The zero-order chi connectivity index (χ0) is 11.1. The third-order valence-corrected chi connectivity index (χ3v) is 7.58. The number of thioether (sulfide) groups is 2. The molecule has 2 rings (SSSR count). The van der Waals surface area contributed by atoms with Gasteiger partial charge in [0, 0.05) is 11.5 Å². The highest BCUT2D eigenvalue weighted by Crippen LogP contribution is 2.50. The summed E-state index contributed by atoms with van der Waals surface area (Å²) in [6, 6.07) is 0. The molecule has 1 heterocycles. The van der Waals surface area contributed by atoms with Gasteiger partial charge in [-0.2, -0.15) is 0 Å². The van der Waals surface area contributed by atoms with Crippen molar-refractivity contribution in [3.05, 3.63) is 0 Å². The molecule has 0 N–H and O–H groups in total. The van der Waals surface area contributed by atoms with Crippen molar-refractivity contribution in [1.82, 2.24) is 0 Å². The largest absolute Gasteiger partial charge is 0.143 e. The first-order valence-electron chi connectivity index (χ1n) is 7.19. The minimum absolute atomic E-state index is 0.652. The lowest BCUT2D eigenvalue weighted by molar-refractivity contribution is 0.498. The van der Waals surface area contributed by atoms with Gasteiger partial charge in [-0.3, -0.25) is 0 Å². The Hall–Kier alpha value is 0.700. The highest BCUT2D eigenvalue weighted by atomic mass is 32.2. The van der Waals surface area contributed by atoms with Gasteiger partial charge in [-0.15, -0.1) is 23.5 Å². The Morgan fingerprint density at radius 1 is 0.500 bits per heavy atom. The highest BCUT2D eigenvalue weighted by molar-refractivity contribution is 8.21. The summed E-state index contributed by atoms with van der Waals surface area (Å²) in [4.78, 5) is 0. The minimum atomic E-state index is 0.652. The molecular weight excluding hydrogens is 232 g/mol. The molecule has 1 saturated carbocycles. The molecular formula is C14H26S2. The van der Waals surface area contributed by atoms with Crippen LogP contribution >= 0.6 is 23.5 Å². The maximum atomic E-state index is 2.28. The maximum Gasteiger partial charge on any atom is 0.0611 e. The van der Waals surface area contributed by atoms with Gasteiger partial charge in [-0.05, 0) is 12.8 Å². The van der Waals surface area contributed by atoms with Crippen molar-refractivity contribution < 1.29 is 0 Å². The van der Waals surface area contributed by atoms with Crippen molar-refractivity contribution in [1.29, 1.82) is 0 Å². The van der Waals surface area contributed by atoms with Gasteiger partial charge in [0.1, 0.15) is 0 Å². The Morgan fingerprint density at radius 2 is 0.875 bits per heavy atom. The summed E-state index contributed by atoms with van der Waals surface area (Å²) in [6.45, 7) is 0. The molecule has 2 fully saturated rings. The lowest BCUT2D eigenvalue weighted by atomic mass is 10.0. The van der Waals surface area contributed by atoms with Crippen LogP contribution in [0.2, 0.25) is 0 Å². The molecule has 16 heavy (non-hydrogen) atoms. The summed E-state index contributed by atoms with van der Waals surface area (Å²) in [5.74, 6) is 2.81. The molecule has 94 valence electrons. The molecule has 2 aliphatic rings. The summed E-state index contributed by atoms with van der Waals surface area (Å²) >= 11 is 4.56. The van der Waals surface area contributed by atoms with Crippen LogP contribution in [0.5, 0.6) is 0 Å². The molecule has 1 aliphatic heterocycles. The zero-order valence-electron chi connectivity index (χ0n) is 10.5. The van der Waals surface area contributed by atoms with Crippen LogP contribution in [0.3, 0.4) is 0 Å². The minimum Gasteiger partial charge on any atom is -0.143 e. The lowest BCUT2D eigenvalue weighted by Crippen LogP contribution is -2.17. The molecule has 0 unspecified atom stereocenters. The lowest BCUT2D eigenvalue weighted by Gasteiger charge is -2.27. The molecule has 0 radical (unpaired) electrons. The first-order chi connectivity index (χ1) is 7.91. The van der Waals surface area contributed by atoms with E-state index < -0.39 is 0 Å². The van der Waals surface area contributed by atoms with Crippen molar-refractivity contribution in [2.45, 2.75) is 74.7 Å². The summed E-state index contributed by atoms with van der Waals surface area (Å²) < 4.78 is 0.652. The Balaban J connectivity index is 1.80. The van der Waals surface area contributed by atoms with Crippen molar-refractivity contribution >= 4 is 23.5 Å². The van der Waals surface area contributed by atoms with E-state index in [1.807, 2.05) is 0 Å². The predicted molar refractivity (Wildman–Crippen MR) is 78.4 cm³/mol. The fourth-order valence-corrected chi connectivity index (χ4v) is 6.34. The second-order valence-corrected chi connectivity index (χ2v) is 8.50. The zero-order valence-corrected chi connectivity index (χ0v) is 12.1.